The molecule has 1 amide bonds. The third-order valence-electron chi connectivity index (χ3n) is 5.34. The van der Waals surface area contributed by atoms with Crippen molar-refractivity contribution < 1.29 is 9.53 Å². The third kappa shape index (κ3) is 5.95. The second kappa shape index (κ2) is 10.6. The van der Waals surface area contributed by atoms with Gasteiger partial charge in [-0.1, -0.05) is 48.9 Å². The molecule has 1 saturated heterocycles. The number of likely N-dealkylation sites (tertiary alicyclic amines) is 1. The van der Waals surface area contributed by atoms with Crippen LogP contribution in [0.3, 0.4) is 0 Å². The minimum Gasteiger partial charge on any atom is -0.497 e. The molecule has 156 valence electrons. The van der Waals surface area contributed by atoms with Crippen molar-refractivity contribution in [1.29, 1.82) is 0 Å². The van der Waals surface area contributed by atoms with Gasteiger partial charge in [-0.3, -0.25) is 9.69 Å². The van der Waals surface area contributed by atoms with Crippen LogP contribution in [0, 0.1) is 0 Å². The van der Waals surface area contributed by atoms with E-state index in [0.717, 1.165) is 42.3 Å². The molecular formula is C23H30ClN3O2. The number of hydrogen-bond donors (Lipinski definition) is 2. The van der Waals surface area contributed by atoms with Crippen LogP contribution in [0.4, 0.5) is 0 Å². The molecule has 0 spiro atoms. The Morgan fingerprint density at radius 2 is 1.97 bits per heavy atom. The average Bonchev–Trinajstić information content (AvgIpc) is 3.15. The summed E-state index contributed by atoms with van der Waals surface area (Å²) in [6.45, 7) is 5.02. The van der Waals surface area contributed by atoms with Crippen LogP contribution in [0.1, 0.15) is 30.9 Å². The number of hydrogen-bond acceptors (Lipinski definition) is 4. The number of methoxy groups -OCH3 is 1. The molecule has 5 nitrogen and oxygen atoms in total. The van der Waals surface area contributed by atoms with Crippen molar-refractivity contribution in [3.63, 3.8) is 0 Å². The zero-order valence-corrected chi connectivity index (χ0v) is 17.9. The highest BCUT2D eigenvalue weighted by molar-refractivity contribution is 6.31. The standard InChI is InChI=1S/C23H30ClN3O2/c1-3-12-25-23(28)22-13-19(26-14-17-8-10-20(29-2)11-9-17)16-27(22)15-18-6-4-5-7-21(18)24/h4-11,19,22,26H,3,12-16H2,1-2H3,(H,25,28)/t19-,22-/m0/s1. The van der Waals surface area contributed by atoms with Crippen molar-refractivity contribution in [1.82, 2.24) is 15.5 Å². The number of nitrogens with one attached hydrogen (secondary N) is 2. The van der Waals surface area contributed by atoms with E-state index in [-0.39, 0.29) is 18.0 Å². The second-order valence-electron chi connectivity index (χ2n) is 7.49. The Kier molecular flexibility index (Phi) is 7.92. The van der Waals surface area contributed by atoms with Crippen LogP contribution in [0.15, 0.2) is 48.5 Å². The maximum Gasteiger partial charge on any atom is 0.237 e. The summed E-state index contributed by atoms with van der Waals surface area (Å²) in [5.41, 5.74) is 2.25. The Labute approximate surface area is 178 Å². The molecule has 1 fully saturated rings. The third-order valence-corrected chi connectivity index (χ3v) is 5.71. The molecule has 29 heavy (non-hydrogen) atoms. The van der Waals surface area contributed by atoms with E-state index >= 15 is 0 Å². The summed E-state index contributed by atoms with van der Waals surface area (Å²) in [5, 5.41) is 7.41. The van der Waals surface area contributed by atoms with Crippen molar-refractivity contribution in [3.8, 4) is 5.75 Å². The topological polar surface area (TPSA) is 53.6 Å². The molecule has 0 unspecified atom stereocenters. The van der Waals surface area contributed by atoms with E-state index in [2.05, 4.69) is 34.6 Å². The first kappa shape index (κ1) is 21.6. The van der Waals surface area contributed by atoms with Crippen LogP contribution in [0.5, 0.6) is 5.75 Å². The lowest BCUT2D eigenvalue weighted by Crippen LogP contribution is -2.43. The van der Waals surface area contributed by atoms with E-state index < -0.39 is 0 Å². The number of amides is 1. The zero-order valence-electron chi connectivity index (χ0n) is 17.2. The zero-order chi connectivity index (χ0) is 20.6. The summed E-state index contributed by atoms with van der Waals surface area (Å²) in [6.07, 6.45) is 1.72. The predicted molar refractivity (Wildman–Crippen MR) is 117 cm³/mol. The van der Waals surface area contributed by atoms with Crippen LogP contribution in [0.25, 0.3) is 0 Å². The number of benzene rings is 2. The second-order valence-corrected chi connectivity index (χ2v) is 7.90. The molecule has 3 rings (SSSR count). The van der Waals surface area contributed by atoms with Crippen LogP contribution in [-0.2, 0) is 17.9 Å². The number of rotatable bonds is 9. The van der Waals surface area contributed by atoms with Crippen LogP contribution in [-0.4, -0.2) is 43.1 Å². The van der Waals surface area contributed by atoms with Crippen molar-refractivity contribution in [2.75, 3.05) is 20.2 Å². The summed E-state index contributed by atoms with van der Waals surface area (Å²) in [7, 11) is 1.67. The molecule has 6 heteroatoms. The minimum absolute atomic E-state index is 0.104. The molecule has 0 radical (unpaired) electrons. The highest BCUT2D eigenvalue weighted by Gasteiger charge is 2.36. The lowest BCUT2D eigenvalue weighted by atomic mass is 10.1. The maximum absolute atomic E-state index is 12.8. The molecule has 1 heterocycles. The van der Waals surface area contributed by atoms with E-state index in [9.17, 15) is 4.79 Å². The van der Waals surface area contributed by atoms with E-state index in [0.29, 0.717) is 13.1 Å². The molecule has 2 atom stereocenters. The fraction of sp³-hybridized carbons (Fsp3) is 0.435. The molecule has 1 aliphatic heterocycles. The van der Waals surface area contributed by atoms with Gasteiger partial charge in [-0.2, -0.15) is 0 Å². The lowest BCUT2D eigenvalue weighted by Gasteiger charge is -2.24. The van der Waals surface area contributed by atoms with Gasteiger partial charge in [0.15, 0.2) is 0 Å². The maximum atomic E-state index is 12.8. The van der Waals surface area contributed by atoms with Gasteiger partial charge < -0.3 is 15.4 Å². The highest BCUT2D eigenvalue weighted by Crippen LogP contribution is 2.24. The van der Waals surface area contributed by atoms with Gasteiger partial charge in [0.25, 0.3) is 0 Å². The minimum atomic E-state index is -0.147. The number of ether oxygens (including phenoxy) is 1. The average molecular weight is 416 g/mol. The molecule has 2 aromatic rings. The monoisotopic (exact) mass is 415 g/mol. The lowest BCUT2D eigenvalue weighted by molar-refractivity contribution is -0.125. The first-order valence-corrected chi connectivity index (χ1v) is 10.6. The largest absolute Gasteiger partial charge is 0.497 e. The first-order chi connectivity index (χ1) is 14.1. The van der Waals surface area contributed by atoms with Crippen LogP contribution < -0.4 is 15.4 Å². The number of halogens is 1. The van der Waals surface area contributed by atoms with E-state index in [1.165, 1.54) is 5.56 Å². The molecule has 1 aliphatic rings. The highest BCUT2D eigenvalue weighted by atomic mass is 35.5. The Balaban J connectivity index is 1.64. The Morgan fingerprint density at radius 3 is 2.66 bits per heavy atom. The fourth-order valence-corrected chi connectivity index (χ4v) is 3.91. The first-order valence-electron chi connectivity index (χ1n) is 10.2. The van der Waals surface area contributed by atoms with Gasteiger partial charge in [0, 0.05) is 37.2 Å². The molecule has 0 bridgehead atoms. The summed E-state index contributed by atoms with van der Waals surface area (Å²) in [4.78, 5) is 15.0. The SMILES string of the molecule is CCCNC(=O)[C@@H]1C[C@H](NCc2ccc(OC)cc2)CN1Cc1ccccc1Cl. The summed E-state index contributed by atoms with van der Waals surface area (Å²) < 4.78 is 5.22. The van der Waals surface area contributed by atoms with Crippen LogP contribution >= 0.6 is 11.6 Å². The fourth-order valence-electron chi connectivity index (χ4n) is 3.72. The van der Waals surface area contributed by atoms with Gasteiger partial charge in [0.2, 0.25) is 5.91 Å². The Morgan fingerprint density at radius 1 is 1.21 bits per heavy atom. The predicted octanol–water partition coefficient (Wildman–Crippen LogP) is 3.61. The van der Waals surface area contributed by atoms with E-state index in [1.54, 1.807) is 7.11 Å². The number of carbonyl (C=O) groups excluding carboxylic acids is 1. The summed E-state index contributed by atoms with van der Waals surface area (Å²) in [6, 6.07) is 16.0. The normalized spacial score (nSPS) is 19.3. The molecule has 2 N–H and O–H groups in total. The van der Waals surface area contributed by atoms with Gasteiger partial charge >= 0.3 is 0 Å². The number of carbonyl (C=O) groups is 1. The quantitative estimate of drug-likeness (QED) is 0.657. The molecule has 0 aliphatic carbocycles. The van der Waals surface area contributed by atoms with E-state index in [4.69, 9.17) is 16.3 Å². The van der Waals surface area contributed by atoms with Crippen LogP contribution in [0.2, 0.25) is 5.02 Å². The van der Waals surface area contributed by atoms with Gasteiger partial charge in [0.05, 0.1) is 13.2 Å². The molecule has 0 saturated carbocycles. The molecule has 2 aromatic carbocycles. The molecule has 0 aromatic heterocycles. The summed E-state index contributed by atoms with van der Waals surface area (Å²) >= 11 is 6.36. The van der Waals surface area contributed by atoms with Crippen molar-refractivity contribution >= 4 is 17.5 Å². The Hall–Kier alpha value is -2.08. The number of nitrogens with zero attached hydrogens (tertiary/aromatic N) is 1. The van der Waals surface area contributed by atoms with Crippen molar-refractivity contribution in [2.24, 2.45) is 0 Å². The summed E-state index contributed by atoms with van der Waals surface area (Å²) in [5.74, 6) is 0.959. The van der Waals surface area contributed by atoms with Gasteiger partial charge in [-0.15, -0.1) is 0 Å². The van der Waals surface area contributed by atoms with Gasteiger partial charge in [-0.25, -0.2) is 0 Å². The molecular weight excluding hydrogens is 386 g/mol. The smallest absolute Gasteiger partial charge is 0.237 e. The Bertz CT molecular complexity index is 797. The van der Waals surface area contributed by atoms with Gasteiger partial charge in [0.1, 0.15) is 5.75 Å². The van der Waals surface area contributed by atoms with E-state index in [1.807, 2.05) is 36.4 Å². The van der Waals surface area contributed by atoms with Crippen molar-refractivity contribution in [2.45, 2.75) is 44.9 Å². The van der Waals surface area contributed by atoms with Gasteiger partial charge in [-0.05, 0) is 42.2 Å². The van der Waals surface area contributed by atoms with Crippen molar-refractivity contribution in [3.05, 3.63) is 64.7 Å².